The zero-order chi connectivity index (χ0) is 15.4. The predicted molar refractivity (Wildman–Crippen MR) is 85.2 cm³/mol. The third kappa shape index (κ3) is 4.32. The first-order valence-corrected chi connectivity index (χ1v) is 7.30. The Balaban J connectivity index is 2.03. The number of hydrogen-bond acceptors (Lipinski definition) is 5. The number of benzene rings is 1. The molecule has 21 heavy (non-hydrogen) atoms. The van der Waals surface area contributed by atoms with Gasteiger partial charge in [-0.3, -0.25) is 5.32 Å². The van der Waals surface area contributed by atoms with Gasteiger partial charge in [0.25, 0.3) is 0 Å². The van der Waals surface area contributed by atoms with Gasteiger partial charge in [0.05, 0.1) is 0 Å². The first-order valence-electron chi connectivity index (χ1n) is 5.66. The summed E-state index contributed by atoms with van der Waals surface area (Å²) in [6, 6.07) is 4.23. The lowest BCUT2D eigenvalue weighted by Crippen LogP contribution is -2.19. The molecule has 2 rings (SSSR count). The smallest absolute Gasteiger partial charge is 0.325 e. The topological polar surface area (TPSA) is 86.6 Å². The third-order valence-corrected chi connectivity index (χ3v) is 3.56. The molecule has 0 aliphatic rings. The molecule has 0 fully saturated rings. The third-order valence-electron chi connectivity index (χ3n) is 2.37. The SMILES string of the molecule is C/C(=N/O)c1csc(NC(=O)Nc2cc(Cl)cc(Cl)c2)n1. The van der Waals surface area contributed by atoms with E-state index in [-0.39, 0.29) is 0 Å². The summed E-state index contributed by atoms with van der Waals surface area (Å²) >= 11 is 12.9. The minimum atomic E-state index is -0.479. The van der Waals surface area contributed by atoms with E-state index in [0.717, 1.165) is 0 Å². The van der Waals surface area contributed by atoms with Crippen LogP contribution in [-0.4, -0.2) is 21.9 Å². The van der Waals surface area contributed by atoms with Crippen molar-refractivity contribution in [1.82, 2.24) is 4.98 Å². The maximum atomic E-state index is 11.8. The first kappa shape index (κ1) is 15.6. The molecule has 2 amide bonds. The highest BCUT2D eigenvalue weighted by atomic mass is 35.5. The van der Waals surface area contributed by atoms with Gasteiger partial charge in [-0.1, -0.05) is 28.4 Å². The largest absolute Gasteiger partial charge is 0.411 e. The average molecular weight is 345 g/mol. The standard InChI is InChI=1S/C12H10Cl2N4O2S/c1-6(18-20)10-5-21-12(16-10)17-11(19)15-9-3-7(13)2-8(14)4-9/h2-5,20H,1H3,(H2,15,16,17,19)/b18-6-. The zero-order valence-electron chi connectivity index (χ0n) is 10.7. The molecule has 1 heterocycles. The van der Waals surface area contributed by atoms with Crippen LogP contribution in [0.1, 0.15) is 12.6 Å². The van der Waals surface area contributed by atoms with E-state index < -0.39 is 6.03 Å². The average Bonchev–Trinajstić information content (AvgIpc) is 2.84. The van der Waals surface area contributed by atoms with Gasteiger partial charge >= 0.3 is 6.03 Å². The monoisotopic (exact) mass is 344 g/mol. The number of urea groups is 1. The van der Waals surface area contributed by atoms with Gasteiger partial charge in [-0.05, 0) is 25.1 Å². The summed E-state index contributed by atoms with van der Waals surface area (Å²) in [6.07, 6.45) is 0. The van der Waals surface area contributed by atoms with E-state index >= 15 is 0 Å². The maximum Gasteiger partial charge on any atom is 0.325 e. The van der Waals surface area contributed by atoms with E-state index in [9.17, 15) is 4.79 Å². The van der Waals surface area contributed by atoms with Crippen LogP contribution in [-0.2, 0) is 0 Å². The van der Waals surface area contributed by atoms with Gasteiger partial charge in [0.2, 0.25) is 0 Å². The van der Waals surface area contributed by atoms with Crippen molar-refractivity contribution < 1.29 is 10.0 Å². The number of oxime groups is 1. The molecule has 110 valence electrons. The highest BCUT2D eigenvalue weighted by Gasteiger charge is 2.09. The van der Waals surface area contributed by atoms with Crippen LogP contribution >= 0.6 is 34.5 Å². The molecule has 9 heteroatoms. The van der Waals surface area contributed by atoms with Crippen LogP contribution in [0, 0.1) is 0 Å². The van der Waals surface area contributed by atoms with Crippen molar-refractivity contribution in [2.24, 2.45) is 5.16 Å². The number of anilines is 2. The fourth-order valence-electron chi connectivity index (χ4n) is 1.43. The number of hydrogen-bond donors (Lipinski definition) is 3. The Morgan fingerprint density at radius 1 is 1.29 bits per heavy atom. The summed E-state index contributed by atoms with van der Waals surface area (Å²) in [7, 11) is 0. The number of nitrogens with zero attached hydrogens (tertiary/aromatic N) is 2. The van der Waals surface area contributed by atoms with Crippen molar-refractivity contribution in [2.45, 2.75) is 6.92 Å². The van der Waals surface area contributed by atoms with Crippen LogP contribution < -0.4 is 10.6 Å². The second-order valence-electron chi connectivity index (χ2n) is 3.96. The van der Waals surface area contributed by atoms with Crippen LogP contribution in [0.4, 0.5) is 15.6 Å². The number of amides is 2. The molecule has 3 N–H and O–H groups in total. The predicted octanol–water partition coefficient (Wildman–Crippen LogP) is 4.29. The lowest BCUT2D eigenvalue weighted by atomic mass is 10.3. The Morgan fingerprint density at radius 3 is 2.57 bits per heavy atom. The maximum absolute atomic E-state index is 11.8. The van der Waals surface area contributed by atoms with Gasteiger partial charge in [-0.25, -0.2) is 9.78 Å². The van der Waals surface area contributed by atoms with Crippen molar-refractivity contribution in [3.8, 4) is 0 Å². The first-order chi connectivity index (χ1) is 9.97. The Kier molecular flexibility index (Phi) is 5.00. The summed E-state index contributed by atoms with van der Waals surface area (Å²) in [4.78, 5) is 15.9. The molecule has 0 unspecified atom stereocenters. The highest BCUT2D eigenvalue weighted by molar-refractivity contribution is 7.14. The Labute approximate surface area is 134 Å². The lowest BCUT2D eigenvalue weighted by Gasteiger charge is -2.06. The van der Waals surface area contributed by atoms with Crippen molar-refractivity contribution in [3.63, 3.8) is 0 Å². The van der Waals surface area contributed by atoms with Gasteiger partial charge in [0.15, 0.2) is 5.13 Å². The van der Waals surface area contributed by atoms with Crippen LogP contribution in [0.5, 0.6) is 0 Å². The molecule has 0 aliphatic carbocycles. The molecule has 6 nitrogen and oxygen atoms in total. The minimum absolute atomic E-state index is 0.362. The van der Waals surface area contributed by atoms with Crippen molar-refractivity contribution in [3.05, 3.63) is 39.3 Å². The second-order valence-corrected chi connectivity index (χ2v) is 5.69. The molecule has 1 aromatic carbocycles. The number of rotatable bonds is 3. The molecule has 2 aromatic rings. The van der Waals surface area contributed by atoms with Crippen LogP contribution in [0.2, 0.25) is 10.0 Å². The molecule has 0 radical (unpaired) electrons. The molecule has 0 saturated carbocycles. The van der Waals surface area contributed by atoms with E-state index in [4.69, 9.17) is 28.4 Å². The summed E-state index contributed by atoms with van der Waals surface area (Å²) in [5, 5.41) is 19.7. The quantitative estimate of drug-likeness (QED) is 0.441. The fraction of sp³-hybridized carbons (Fsp3) is 0.0833. The van der Waals surface area contributed by atoms with E-state index in [2.05, 4.69) is 20.8 Å². The summed E-state index contributed by atoms with van der Waals surface area (Å²) < 4.78 is 0. The number of thiazole rings is 1. The summed E-state index contributed by atoms with van der Waals surface area (Å²) in [6.45, 7) is 1.60. The van der Waals surface area contributed by atoms with Crippen molar-refractivity contribution in [2.75, 3.05) is 10.6 Å². The molecule has 0 aliphatic heterocycles. The molecule has 0 spiro atoms. The zero-order valence-corrected chi connectivity index (χ0v) is 13.1. The van der Waals surface area contributed by atoms with Gasteiger partial charge in [0, 0.05) is 21.1 Å². The van der Waals surface area contributed by atoms with Gasteiger partial charge in [-0.15, -0.1) is 11.3 Å². The molecular weight excluding hydrogens is 335 g/mol. The van der Waals surface area contributed by atoms with Crippen LogP contribution in [0.15, 0.2) is 28.7 Å². The Hall–Kier alpha value is -1.83. The van der Waals surface area contributed by atoms with Crippen LogP contribution in [0.25, 0.3) is 0 Å². The molecule has 1 aromatic heterocycles. The summed E-state index contributed by atoms with van der Waals surface area (Å²) in [5.41, 5.74) is 1.32. The van der Waals surface area contributed by atoms with Gasteiger partial charge in [-0.2, -0.15) is 0 Å². The molecule has 0 saturated heterocycles. The van der Waals surface area contributed by atoms with E-state index in [0.29, 0.717) is 32.3 Å². The van der Waals surface area contributed by atoms with Crippen molar-refractivity contribution >= 4 is 57.1 Å². The highest BCUT2D eigenvalue weighted by Crippen LogP contribution is 2.23. The van der Waals surface area contributed by atoms with E-state index in [1.807, 2.05) is 0 Å². The van der Waals surface area contributed by atoms with Crippen molar-refractivity contribution in [1.29, 1.82) is 0 Å². The number of carbonyl (C=O) groups is 1. The summed E-state index contributed by atoms with van der Waals surface area (Å²) in [5.74, 6) is 0. The minimum Gasteiger partial charge on any atom is -0.411 e. The lowest BCUT2D eigenvalue weighted by molar-refractivity contribution is 0.262. The Bertz CT molecular complexity index is 682. The molecule has 0 bridgehead atoms. The van der Waals surface area contributed by atoms with E-state index in [1.165, 1.54) is 11.3 Å². The Morgan fingerprint density at radius 2 is 1.95 bits per heavy atom. The van der Waals surface area contributed by atoms with Gasteiger partial charge < -0.3 is 10.5 Å². The number of aromatic nitrogens is 1. The number of nitrogens with one attached hydrogen (secondary N) is 2. The molecule has 0 atom stereocenters. The van der Waals surface area contributed by atoms with Gasteiger partial charge in [0.1, 0.15) is 11.4 Å². The molecular formula is C12H10Cl2N4O2S. The van der Waals surface area contributed by atoms with Crippen LogP contribution in [0.3, 0.4) is 0 Å². The second kappa shape index (κ2) is 6.75. The van der Waals surface area contributed by atoms with E-state index in [1.54, 1.807) is 30.5 Å². The fourth-order valence-corrected chi connectivity index (χ4v) is 2.71. The number of halogens is 2. The normalized spacial score (nSPS) is 11.3. The number of carbonyl (C=O) groups excluding carboxylic acids is 1.